The highest BCUT2D eigenvalue weighted by atomic mass is 127. The summed E-state index contributed by atoms with van der Waals surface area (Å²) in [5.74, 6) is 0. The van der Waals surface area contributed by atoms with Crippen LogP contribution in [0.1, 0.15) is 36.2 Å². The molecule has 0 bridgehead atoms. The number of pyridine rings is 1. The standard InChI is InChI=1S/C19H25N2.HI/c1-16-13-19(20-11-7-4-8-12-20)14-17(2)21(16)15-18-9-5-3-6-10-18;/h3,5-6,9-10,13-14H,4,7-8,11-12,15H2,1-2H3;1H/q+1;/p-1. The van der Waals surface area contributed by atoms with Gasteiger partial charge in [0.2, 0.25) is 0 Å². The van der Waals surface area contributed by atoms with E-state index in [0.29, 0.717) is 0 Å². The monoisotopic (exact) mass is 408 g/mol. The van der Waals surface area contributed by atoms with E-state index in [0.717, 1.165) is 6.54 Å². The molecule has 0 atom stereocenters. The third kappa shape index (κ3) is 4.00. The predicted molar refractivity (Wildman–Crippen MR) is 87.7 cm³/mol. The third-order valence-corrected chi connectivity index (χ3v) is 4.47. The Morgan fingerprint density at radius 2 is 1.50 bits per heavy atom. The minimum atomic E-state index is 0. The Morgan fingerprint density at radius 1 is 0.909 bits per heavy atom. The van der Waals surface area contributed by atoms with Gasteiger partial charge < -0.3 is 28.9 Å². The van der Waals surface area contributed by atoms with Crippen LogP contribution in [-0.4, -0.2) is 13.1 Å². The summed E-state index contributed by atoms with van der Waals surface area (Å²) < 4.78 is 2.41. The molecule has 3 rings (SSSR count). The Labute approximate surface area is 151 Å². The van der Waals surface area contributed by atoms with Crippen molar-refractivity contribution >= 4 is 5.69 Å². The number of aromatic nitrogens is 1. The number of hydrogen-bond donors (Lipinski definition) is 0. The fourth-order valence-corrected chi connectivity index (χ4v) is 3.25. The summed E-state index contributed by atoms with van der Waals surface area (Å²) in [6.07, 6.45) is 4.04. The van der Waals surface area contributed by atoms with Gasteiger partial charge in [-0.2, -0.15) is 4.57 Å². The Hall–Kier alpha value is -1.10. The van der Waals surface area contributed by atoms with Gasteiger partial charge in [0.25, 0.3) is 0 Å². The molecule has 1 aromatic carbocycles. The Bertz CT molecular complexity index is 581. The smallest absolute Gasteiger partial charge is 0.180 e. The minimum absolute atomic E-state index is 0. The van der Waals surface area contributed by atoms with Crippen molar-refractivity contribution in [1.82, 2.24) is 0 Å². The first-order valence-electron chi connectivity index (χ1n) is 8.04. The molecule has 0 radical (unpaired) electrons. The number of aryl methyl sites for hydroxylation is 2. The minimum Gasteiger partial charge on any atom is -1.00 e. The second-order valence-corrected chi connectivity index (χ2v) is 6.12. The maximum Gasteiger partial charge on any atom is 0.180 e. The van der Waals surface area contributed by atoms with Crippen molar-refractivity contribution < 1.29 is 28.5 Å². The molecule has 1 aliphatic heterocycles. The van der Waals surface area contributed by atoms with Crippen molar-refractivity contribution in [2.24, 2.45) is 0 Å². The maximum atomic E-state index is 2.54. The van der Waals surface area contributed by atoms with Gasteiger partial charge in [-0.3, -0.25) is 0 Å². The largest absolute Gasteiger partial charge is 1.00 e. The molecule has 0 amide bonds. The van der Waals surface area contributed by atoms with E-state index < -0.39 is 0 Å². The lowest BCUT2D eigenvalue weighted by molar-refractivity contribution is -0.700. The number of hydrogen-bond acceptors (Lipinski definition) is 1. The van der Waals surface area contributed by atoms with Gasteiger partial charge in [-0.25, -0.2) is 0 Å². The summed E-state index contributed by atoms with van der Waals surface area (Å²) in [6.45, 7) is 7.83. The van der Waals surface area contributed by atoms with Crippen LogP contribution in [0.4, 0.5) is 5.69 Å². The number of halogens is 1. The summed E-state index contributed by atoms with van der Waals surface area (Å²) >= 11 is 0. The zero-order valence-electron chi connectivity index (χ0n) is 13.6. The predicted octanol–water partition coefficient (Wildman–Crippen LogP) is 0.634. The molecule has 0 saturated carbocycles. The lowest BCUT2D eigenvalue weighted by Gasteiger charge is -2.28. The first-order valence-corrected chi connectivity index (χ1v) is 8.04. The highest BCUT2D eigenvalue weighted by Crippen LogP contribution is 2.20. The number of rotatable bonds is 3. The van der Waals surface area contributed by atoms with E-state index in [4.69, 9.17) is 0 Å². The number of anilines is 1. The normalized spacial score (nSPS) is 14.5. The molecule has 118 valence electrons. The molecule has 2 heterocycles. The van der Waals surface area contributed by atoms with Crippen LogP contribution in [0.5, 0.6) is 0 Å². The molecule has 2 aromatic rings. The van der Waals surface area contributed by atoms with Gasteiger partial charge in [0.05, 0.1) is 0 Å². The van der Waals surface area contributed by atoms with Crippen LogP contribution >= 0.6 is 0 Å². The van der Waals surface area contributed by atoms with Gasteiger partial charge in [-0.05, 0) is 19.3 Å². The van der Waals surface area contributed by atoms with Gasteiger partial charge in [-0.15, -0.1) is 0 Å². The SMILES string of the molecule is Cc1cc(N2CCCCC2)cc(C)[n+]1Cc1ccccc1.[I-]. The molecule has 0 N–H and O–H groups in total. The summed E-state index contributed by atoms with van der Waals surface area (Å²) in [5, 5.41) is 0. The molecule has 0 spiro atoms. The third-order valence-electron chi connectivity index (χ3n) is 4.47. The summed E-state index contributed by atoms with van der Waals surface area (Å²) in [6, 6.07) is 15.4. The van der Waals surface area contributed by atoms with Gasteiger partial charge in [0.1, 0.15) is 0 Å². The molecular weight excluding hydrogens is 383 g/mol. The number of piperidine rings is 1. The quantitative estimate of drug-likeness (QED) is 0.534. The summed E-state index contributed by atoms with van der Waals surface area (Å²) in [4.78, 5) is 2.54. The molecule has 1 saturated heterocycles. The van der Waals surface area contributed by atoms with E-state index in [1.165, 1.54) is 55.0 Å². The second-order valence-electron chi connectivity index (χ2n) is 6.12. The van der Waals surface area contributed by atoms with Gasteiger partial charge in [0.15, 0.2) is 17.9 Å². The Balaban J connectivity index is 0.00000176. The number of benzene rings is 1. The van der Waals surface area contributed by atoms with Crippen molar-refractivity contribution in [3.8, 4) is 0 Å². The fourth-order valence-electron chi connectivity index (χ4n) is 3.25. The molecular formula is C19H25IN2. The van der Waals surface area contributed by atoms with Crippen molar-refractivity contribution in [1.29, 1.82) is 0 Å². The highest BCUT2D eigenvalue weighted by Gasteiger charge is 2.17. The van der Waals surface area contributed by atoms with E-state index in [2.05, 4.69) is 65.8 Å². The van der Waals surface area contributed by atoms with Crippen molar-refractivity contribution in [2.45, 2.75) is 39.7 Å². The van der Waals surface area contributed by atoms with E-state index in [9.17, 15) is 0 Å². The second kappa shape index (κ2) is 7.95. The first-order chi connectivity index (χ1) is 10.2. The zero-order chi connectivity index (χ0) is 14.7. The van der Waals surface area contributed by atoms with Gasteiger partial charge in [-0.1, -0.05) is 30.3 Å². The molecule has 0 aliphatic carbocycles. The lowest BCUT2D eigenvalue weighted by atomic mass is 10.1. The maximum absolute atomic E-state index is 2.54. The molecule has 0 unspecified atom stereocenters. The van der Waals surface area contributed by atoms with Crippen LogP contribution in [-0.2, 0) is 6.54 Å². The van der Waals surface area contributed by atoms with Crippen LogP contribution in [0.15, 0.2) is 42.5 Å². The van der Waals surface area contributed by atoms with Gasteiger partial charge >= 0.3 is 0 Å². The lowest BCUT2D eigenvalue weighted by Crippen LogP contribution is -3.00. The average Bonchev–Trinajstić information content (AvgIpc) is 2.52. The van der Waals surface area contributed by atoms with Crippen LogP contribution in [0, 0.1) is 13.8 Å². The van der Waals surface area contributed by atoms with E-state index >= 15 is 0 Å². The Morgan fingerprint density at radius 3 is 2.09 bits per heavy atom. The number of nitrogens with zero attached hydrogens (tertiary/aromatic N) is 2. The molecule has 1 aromatic heterocycles. The highest BCUT2D eigenvalue weighted by molar-refractivity contribution is 5.47. The van der Waals surface area contributed by atoms with Crippen LogP contribution < -0.4 is 33.4 Å². The molecule has 3 heteroatoms. The average molecular weight is 408 g/mol. The van der Waals surface area contributed by atoms with Crippen molar-refractivity contribution in [2.75, 3.05) is 18.0 Å². The van der Waals surface area contributed by atoms with E-state index in [1.807, 2.05) is 0 Å². The molecule has 1 aliphatic rings. The topological polar surface area (TPSA) is 7.12 Å². The van der Waals surface area contributed by atoms with Gasteiger partial charge in [0, 0.05) is 50.3 Å². The Kier molecular flexibility index (Phi) is 6.24. The summed E-state index contributed by atoms with van der Waals surface area (Å²) in [5.41, 5.74) is 5.45. The summed E-state index contributed by atoms with van der Waals surface area (Å²) in [7, 11) is 0. The molecule has 1 fully saturated rings. The fraction of sp³-hybridized carbons (Fsp3) is 0.421. The molecule has 22 heavy (non-hydrogen) atoms. The zero-order valence-corrected chi connectivity index (χ0v) is 15.7. The van der Waals surface area contributed by atoms with Crippen LogP contribution in [0.25, 0.3) is 0 Å². The first kappa shape index (κ1) is 17.3. The van der Waals surface area contributed by atoms with Crippen LogP contribution in [0.3, 0.4) is 0 Å². The van der Waals surface area contributed by atoms with Crippen LogP contribution in [0.2, 0.25) is 0 Å². The van der Waals surface area contributed by atoms with E-state index in [-0.39, 0.29) is 24.0 Å². The van der Waals surface area contributed by atoms with E-state index in [1.54, 1.807) is 0 Å². The molecule has 2 nitrogen and oxygen atoms in total. The van der Waals surface area contributed by atoms with Crippen molar-refractivity contribution in [3.63, 3.8) is 0 Å². The van der Waals surface area contributed by atoms with Crippen molar-refractivity contribution in [3.05, 3.63) is 59.4 Å².